The molecule has 7 nitrogen and oxygen atoms in total. The molecular weight excluding hydrogens is 472 g/mol. The second-order valence-electron chi connectivity index (χ2n) is 10.4. The number of nitrogens with one attached hydrogen (secondary N) is 1. The number of nitrogens with zero attached hydrogens (tertiary/aromatic N) is 3. The van der Waals surface area contributed by atoms with Crippen molar-refractivity contribution >= 4 is 27.4 Å². The summed E-state index contributed by atoms with van der Waals surface area (Å²) in [6.07, 6.45) is 2.60. The highest BCUT2D eigenvalue weighted by Crippen LogP contribution is 2.37. The van der Waals surface area contributed by atoms with Gasteiger partial charge in [-0.05, 0) is 69.0 Å². The number of carbonyl (C=O) groups is 1. The Morgan fingerprint density at radius 1 is 1.14 bits per heavy atom. The van der Waals surface area contributed by atoms with E-state index in [4.69, 9.17) is 0 Å². The van der Waals surface area contributed by atoms with Gasteiger partial charge in [-0.1, -0.05) is 42.8 Å². The molecular formula is C28H34N4O3S. The number of sulfonamides is 1. The van der Waals surface area contributed by atoms with Crippen molar-refractivity contribution in [3.8, 4) is 0 Å². The van der Waals surface area contributed by atoms with Gasteiger partial charge >= 0.3 is 0 Å². The number of pyridine rings is 1. The highest BCUT2D eigenvalue weighted by molar-refractivity contribution is 7.90. The van der Waals surface area contributed by atoms with Crippen LogP contribution in [0.15, 0.2) is 71.8 Å². The summed E-state index contributed by atoms with van der Waals surface area (Å²) in [5.41, 5.74) is 3.10. The predicted molar refractivity (Wildman–Crippen MR) is 144 cm³/mol. The molecule has 1 unspecified atom stereocenters. The van der Waals surface area contributed by atoms with Crippen molar-refractivity contribution in [1.82, 2.24) is 9.71 Å². The number of amides is 1. The standard InChI is InChI=1S/C28H34N4O3S/c1-20-9-6-10-22(15-20)19-31(5)23-11-7-12-24(16-23)36(34,35)30-27(33)25-13-8-14-29-26(25)32-18-21(2)17-28(32,3)4/h6-16,21H,17-19H2,1-5H3,(H,30,33). The minimum absolute atomic E-state index is 0.0324. The Morgan fingerprint density at radius 3 is 2.58 bits per heavy atom. The normalized spacial score (nSPS) is 17.1. The van der Waals surface area contributed by atoms with Crippen LogP contribution in [-0.4, -0.2) is 38.4 Å². The van der Waals surface area contributed by atoms with Crippen LogP contribution in [0.25, 0.3) is 0 Å². The van der Waals surface area contributed by atoms with E-state index in [0.717, 1.165) is 24.2 Å². The van der Waals surface area contributed by atoms with E-state index in [-0.39, 0.29) is 16.0 Å². The third-order valence-electron chi connectivity index (χ3n) is 6.66. The molecule has 1 aliphatic heterocycles. The van der Waals surface area contributed by atoms with Gasteiger partial charge in [0.15, 0.2) is 0 Å². The Hall–Kier alpha value is -3.39. The molecule has 0 bridgehead atoms. The van der Waals surface area contributed by atoms with Crippen LogP contribution >= 0.6 is 0 Å². The van der Waals surface area contributed by atoms with E-state index >= 15 is 0 Å². The highest BCUT2D eigenvalue weighted by Gasteiger charge is 2.39. The van der Waals surface area contributed by atoms with Crippen molar-refractivity contribution in [2.75, 3.05) is 23.4 Å². The summed E-state index contributed by atoms with van der Waals surface area (Å²) in [7, 11) is -2.19. The van der Waals surface area contributed by atoms with Gasteiger partial charge in [-0.2, -0.15) is 0 Å². The molecule has 1 fully saturated rings. The number of hydrogen-bond acceptors (Lipinski definition) is 6. The maximum absolute atomic E-state index is 13.2. The summed E-state index contributed by atoms with van der Waals surface area (Å²) in [6, 6.07) is 18.1. The van der Waals surface area contributed by atoms with Crippen LogP contribution in [-0.2, 0) is 16.6 Å². The van der Waals surface area contributed by atoms with Crippen LogP contribution in [0.3, 0.4) is 0 Å². The Balaban J connectivity index is 1.55. The zero-order valence-electron chi connectivity index (χ0n) is 21.5. The molecule has 8 heteroatoms. The lowest BCUT2D eigenvalue weighted by Gasteiger charge is -2.33. The molecule has 4 rings (SSSR count). The average molecular weight is 507 g/mol. The summed E-state index contributed by atoms with van der Waals surface area (Å²) in [5, 5.41) is 0. The number of rotatable bonds is 7. The molecule has 1 amide bonds. The molecule has 0 radical (unpaired) electrons. The van der Waals surface area contributed by atoms with Gasteiger partial charge in [-0.15, -0.1) is 0 Å². The van der Waals surface area contributed by atoms with Crippen LogP contribution in [0.2, 0.25) is 0 Å². The lowest BCUT2D eigenvalue weighted by Crippen LogP contribution is -2.41. The molecule has 190 valence electrons. The second kappa shape index (κ2) is 9.93. The second-order valence-corrected chi connectivity index (χ2v) is 12.1. The first-order valence-electron chi connectivity index (χ1n) is 12.1. The molecule has 0 aliphatic carbocycles. The van der Waals surface area contributed by atoms with E-state index in [1.54, 1.807) is 30.5 Å². The van der Waals surface area contributed by atoms with E-state index in [9.17, 15) is 13.2 Å². The lowest BCUT2D eigenvalue weighted by atomic mass is 9.97. The quantitative estimate of drug-likeness (QED) is 0.497. The highest BCUT2D eigenvalue weighted by atomic mass is 32.2. The fourth-order valence-electron chi connectivity index (χ4n) is 5.05. The molecule has 1 N–H and O–H groups in total. The number of carbonyl (C=O) groups excluding carboxylic acids is 1. The summed E-state index contributed by atoms with van der Waals surface area (Å²) in [4.78, 5) is 21.8. The molecule has 1 atom stereocenters. The first-order valence-corrected chi connectivity index (χ1v) is 13.6. The average Bonchev–Trinajstić information content (AvgIpc) is 3.10. The molecule has 2 heterocycles. The van der Waals surface area contributed by atoms with Gasteiger partial charge in [0.05, 0.1) is 10.5 Å². The van der Waals surface area contributed by atoms with Crippen molar-refractivity contribution in [3.05, 3.63) is 83.6 Å². The Labute approximate surface area is 214 Å². The van der Waals surface area contributed by atoms with Gasteiger partial charge in [0.25, 0.3) is 15.9 Å². The minimum atomic E-state index is -4.10. The maximum Gasteiger partial charge on any atom is 0.268 e. The first-order chi connectivity index (χ1) is 17.0. The number of anilines is 2. The molecule has 0 spiro atoms. The van der Waals surface area contributed by atoms with Gasteiger partial charge in [-0.25, -0.2) is 18.1 Å². The van der Waals surface area contributed by atoms with Crippen LogP contribution < -0.4 is 14.5 Å². The summed E-state index contributed by atoms with van der Waals surface area (Å²) in [6.45, 7) is 9.81. The molecule has 1 saturated heterocycles. The zero-order chi connectivity index (χ0) is 26.1. The van der Waals surface area contributed by atoms with Crippen LogP contribution in [0.5, 0.6) is 0 Å². The maximum atomic E-state index is 13.2. The smallest absolute Gasteiger partial charge is 0.268 e. The predicted octanol–water partition coefficient (Wildman–Crippen LogP) is 4.77. The minimum Gasteiger partial charge on any atom is -0.370 e. The number of hydrogen-bond donors (Lipinski definition) is 1. The first kappa shape index (κ1) is 25.7. The van der Waals surface area contributed by atoms with Gasteiger partial charge < -0.3 is 9.80 Å². The monoisotopic (exact) mass is 506 g/mol. The Bertz CT molecular complexity index is 1370. The van der Waals surface area contributed by atoms with Crippen molar-refractivity contribution in [1.29, 1.82) is 0 Å². The number of benzene rings is 2. The Kier molecular flexibility index (Phi) is 7.09. The number of aryl methyl sites for hydroxylation is 1. The van der Waals surface area contributed by atoms with E-state index in [2.05, 4.69) is 41.4 Å². The van der Waals surface area contributed by atoms with E-state index < -0.39 is 15.9 Å². The fraction of sp³-hybridized carbons (Fsp3) is 0.357. The largest absolute Gasteiger partial charge is 0.370 e. The fourth-order valence-corrected chi connectivity index (χ4v) is 6.05. The van der Waals surface area contributed by atoms with Gasteiger partial charge in [-0.3, -0.25) is 4.79 Å². The van der Waals surface area contributed by atoms with Crippen LogP contribution in [0.1, 0.15) is 48.7 Å². The van der Waals surface area contributed by atoms with Crippen molar-refractivity contribution in [2.45, 2.75) is 51.1 Å². The Morgan fingerprint density at radius 2 is 1.89 bits per heavy atom. The van der Waals surface area contributed by atoms with Crippen LogP contribution in [0.4, 0.5) is 11.5 Å². The van der Waals surface area contributed by atoms with Gasteiger partial charge in [0.2, 0.25) is 0 Å². The number of aromatic nitrogens is 1. The topological polar surface area (TPSA) is 82.6 Å². The van der Waals surface area contributed by atoms with Crippen LogP contribution in [0, 0.1) is 12.8 Å². The van der Waals surface area contributed by atoms with E-state index in [1.807, 2.05) is 43.1 Å². The molecule has 1 aromatic heterocycles. The molecule has 0 saturated carbocycles. The third kappa shape index (κ3) is 5.54. The lowest BCUT2D eigenvalue weighted by molar-refractivity contribution is 0.0981. The third-order valence-corrected chi connectivity index (χ3v) is 7.99. The zero-order valence-corrected chi connectivity index (χ0v) is 22.3. The summed E-state index contributed by atoms with van der Waals surface area (Å²) >= 11 is 0. The van der Waals surface area contributed by atoms with Crippen molar-refractivity contribution < 1.29 is 13.2 Å². The molecule has 3 aromatic rings. The summed E-state index contributed by atoms with van der Waals surface area (Å²) < 4.78 is 28.7. The van der Waals surface area contributed by atoms with Gasteiger partial charge in [0, 0.05) is 37.6 Å². The molecule has 2 aromatic carbocycles. The van der Waals surface area contributed by atoms with E-state index in [0.29, 0.717) is 18.3 Å². The molecule has 1 aliphatic rings. The SMILES string of the molecule is Cc1cccc(CN(C)c2cccc(S(=O)(=O)NC(=O)c3cccnc3N3CC(C)CC3(C)C)c2)c1. The summed E-state index contributed by atoms with van der Waals surface area (Å²) in [5.74, 6) is 0.263. The van der Waals surface area contributed by atoms with Crippen molar-refractivity contribution in [2.24, 2.45) is 5.92 Å². The van der Waals surface area contributed by atoms with Gasteiger partial charge in [0.1, 0.15) is 5.82 Å². The molecule has 36 heavy (non-hydrogen) atoms. The van der Waals surface area contributed by atoms with Crippen molar-refractivity contribution in [3.63, 3.8) is 0 Å². The van der Waals surface area contributed by atoms with E-state index in [1.165, 1.54) is 11.6 Å².